The second-order valence-corrected chi connectivity index (χ2v) is 4.69. The van der Waals surface area contributed by atoms with Gasteiger partial charge < -0.3 is 9.13 Å². The molecular weight excluding hydrogens is 284 g/mol. The maximum atomic E-state index is 11.7. The van der Waals surface area contributed by atoms with Gasteiger partial charge in [-0.1, -0.05) is 28.1 Å². The van der Waals surface area contributed by atoms with E-state index in [1.54, 1.807) is 19.4 Å². The van der Waals surface area contributed by atoms with Crippen molar-refractivity contribution in [1.82, 2.24) is 9.13 Å². The topological polar surface area (TPSA) is 44.0 Å². The first-order valence-corrected chi connectivity index (χ1v) is 5.88. The molecule has 5 heteroatoms. The van der Waals surface area contributed by atoms with Crippen LogP contribution in [-0.4, -0.2) is 9.13 Å². The van der Waals surface area contributed by atoms with Crippen molar-refractivity contribution in [3.8, 4) is 0 Å². The van der Waals surface area contributed by atoms with Crippen LogP contribution < -0.4 is 11.1 Å². The van der Waals surface area contributed by atoms with Crippen molar-refractivity contribution in [2.45, 2.75) is 6.54 Å². The predicted octanol–water partition coefficient (Wildman–Crippen LogP) is 1.36. The minimum Gasteiger partial charge on any atom is -0.312 e. The maximum Gasteiger partial charge on any atom is 0.316 e. The molecule has 0 atom stereocenters. The number of hydrogen-bond donors (Lipinski definition) is 0. The molecule has 1 heterocycles. The van der Waals surface area contributed by atoms with Gasteiger partial charge in [0.15, 0.2) is 0 Å². The van der Waals surface area contributed by atoms with E-state index in [0.29, 0.717) is 6.54 Å². The summed E-state index contributed by atoms with van der Waals surface area (Å²) in [5, 5.41) is 0. The maximum absolute atomic E-state index is 11.7. The highest BCUT2D eigenvalue weighted by Gasteiger charge is 2.02. The standard InChI is InChI=1S/C12H11BrN2O2/c1-14-6-7-15(12(17)11(14)16)8-9-2-4-10(13)5-3-9/h2-7H,8H2,1H3. The van der Waals surface area contributed by atoms with Gasteiger partial charge in [-0.15, -0.1) is 0 Å². The van der Waals surface area contributed by atoms with Gasteiger partial charge in [-0.3, -0.25) is 9.59 Å². The van der Waals surface area contributed by atoms with E-state index in [0.717, 1.165) is 10.0 Å². The largest absolute Gasteiger partial charge is 0.316 e. The van der Waals surface area contributed by atoms with Crippen molar-refractivity contribution in [2.24, 2.45) is 7.05 Å². The molecule has 17 heavy (non-hydrogen) atoms. The van der Waals surface area contributed by atoms with Gasteiger partial charge >= 0.3 is 11.1 Å². The predicted molar refractivity (Wildman–Crippen MR) is 69.2 cm³/mol. The lowest BCUT2D eigenvalue weighted by Gasteiger charge is -2.06. The molecule has 0 fully saturated rings. The van der Waals surface area contributed by atoms with Gasteiger partial charge in [0.25, 0.3) is 0 Å². The third-order valence-corrected chi connectivity index (χ3v) is 3.03. The second-order valence-electron chi connectivity index (χ2n) is 3.77. The van der Waals surface area contributed by atoms with Crippen molar-refractivity contribution >= 4 is 15.9 Å². The molecule has 0 aliphatic carbocycles. The highest BCUT2D eigenvalue weighted by atomic mass is 79.9. The Hall–Kier alpha value is -1.62. The van der Waals surface area contributed by atoms with Gasteiger partial charge in [-0.2, -0.15) is 0 Å². The van der Waals surface area contributed by atoms with Gasteiger partial charge in [0.05, 0.1) is 6.54 Å². The first-order valence-electron chi connectivity index (χ1n) is 5.08. The number of benzene rings is 1. The molecule has 0 saturated carbocycles. The summed E-state index contributed by atoms with van der Waals surface area (Å²) in [7, 11) is 1.56. The molecule has 0 bridgehead atoms. The van der Waals surface area contributed by atoms with Crippen molar-refractivity contribution in [3.63, 3.8) is 0 Å². The normalized spacial score (nSPS) is 10.5. The Morgan fingerprint density at radius 1 is 1.06 bits per heavy atom. The summed E-state index contributed by atoms with van der Waals surface area (Å²) < 4.78 is 3.67. The van der Waals surface area contributed by atoms with Crippen LogP contribution in [0.5, 0.6) is 0 Å². The van der Waals surface area contributed by atoms with Crippen LogP contribution in [0.4, 0.5) is 0 Å². The highest BCUT2D eigenvalue weighted by molar-refractivity contribution is 9.10. The van der Waals surface area contributed by atoms with Crippen molar-refractivity contribution in [2.75, 3.05) is 0 Å². The van der Waals surface area contributed by atoms with Crippen LogP contribution in [-0.2, 0) is 13.6 Å². The summed E-state index contributed by atoms with van der Waals surface area (Å²) in [6, 6.07) is 7.63. The molecule has 2 rings (SSSR count). The molecule has 2 aromatic rings. The van der Waals surface area contributed by atoms with Gasteiger partial charge in [-0.25, -0.2) is 0 Å². The SMILES string of the molecule is Cn1ccn(Cc2ccc(Br)cc2)c(=O)c1=O. The lowest BCUT2D eigenvalue weighted by Crippen LogP contribution is -2.39. The molecule has 0 radical (unpaired) electrons. The van der Waals surface area contributed by atoms with E-state index in [2.05, 4.69) is 15.9 Å². The summed E-state index contributed by atoms with van der Waals surface area (Å²) in [6.07, 6.45) is 3.20. The Kier molecular flexibility index (Phi) is 3.28. The number of halogens is 1. The van der Waals surface area contributed by atoms with Crippen molar-refractivity contribution in [1.29, 1.82) is 0 Å². The van der Waals surface area contributed by atoms with E-state index in [1.807, 2.05) is 24.3 Å². The molecule has 88 valence electrons. The van der Waals surface area contributed by atoms with Crippen LogP contribution in [0.2, 0.25) is 0 Å². The second kappa shape index (κ2) is 4.71. The smallest absolute Gasteiger partial charge is 0.312 e. The summed E-state index contributed by atoms with van der Waals surface area (Å²) in [5.41, 5.74) is -0.0360. The van der Waals surface area contributed by atoms with Gasteiger partial charge in [0.2, 0.25) is 0 Å². The quantitative estimate of drug-likeness (QED) is 0.785. The summed E-state index contributed by atoms with van der Waals surface area (Å²) >= 11 is 3.34. The third kappa shape index (κ3) is 2.55. The van der Waals surface area contributed by atoms with Gasteiger partial charge in [0.1, 0.15) is 0 Å². The number of rotatable bonds is 2. The Morgan fingerprint density at radius 2 is 1.71 bits per heavy atom. The van der Waals surface area contributed by atoms with E-state index >= 15 is 0 Å². The zero-order chi connectivity index (χ0) is 12.4. The minimum atomic E-state index is -0.510. The molecule has 1 aromatic heterocycles. The lowest BCUT2D eigenvalue weighted by atomic mass is 10.2. The first kappa shape index (κ1) is 11.9. The fourth-order valence-electron chi connectivity index (χ4n) is 1.50. The third-order valence-electron chi connectivity index (χ3n) is 2.50. The Morgan fingerprint density at radius 3 is 2.35 bits per heavy atom. The minimum absolute atomic E-state index is 0.405. The van der Waals surface area contributed by atoms with Crippen LogP contribution >= 0.6 is 15.9 Å². The number of nitrogens with zero attached hydrogens (tertiary/aromatic N) is 2. The average Bonchev–Trinajstić information content (AvgIpc) is 2.33. The molecule has 0 aliphatic heterocycles. The average molecular weight is 295 g/mol. The van der Waals surface area contributed by atoms with Gasteiger partial charge in [0, 0.05) is 23.9 Å². The molecule has 0 amide bonds. The van der Waals surface area contributed by atoms with E-state index in [4.69, 9.17) is 0 Å². The molecule has 0 spiro atoms. The lowest BCUT2D eigenvalue weighted by molar-refractivity contribution is 0.695. The van der Waals surface area contributed by atoms with E-state index < -0.39 is 11.1 Å². The fraction of sp³-hybridized carbons (Fsp3) is 0.167. The monoisotopic (exact) mass is 294 g/mol. The highest BCUT2D eigenvalue weighted by Crippen LogP contribution is 2.10. The van der Waals surface area contributed by atoms with E-state index in [1.165, 1.54) is 9.13 Å². The molecular formula is C12H11BrN2O2. The number of hydrogen-bond acceptors (Lipinski definition) is 2. The van der Waals surface area contributed by atoms with E-state index in [9.17, 15) is 9.59 Å². The van der Waals surface area contributed by atoms with Crippen LogP contribution in [0.25, 0.3) is 0 Å². The summed E-state index contributed by atoms with van der Waals surface area (Å²) in [5.74, 6) is 0. The fourth-order valence-corrected chi connectivity index (χ4v) is 1.76. The molecule has 0 unspecified atom stereocenters. The summed E-state index contributed by atoms with van der Waals surface area (Å²) in [6.45, 7) is 0.405. The van der Waals surface area contributed by atoms with Crippen LogP contribution in [0.3, 0.4) is 0 Å². The van der Waals surface area contributed by atoms with E-state index in [-0.39, 0.29) is 0 Å². The zero-order valence-electron chi connectivity index (χ0n) is 9.26. The number of aromatic nitrogens is 2. The summed E-state index contributed by atoms with van der Waals surface area (Å²) in [4.78, 5) is 23.1. The molecule has 0 N–H and O–H groups in total. The van der Waals surface area contributed by atoms with Crippen LogP contribution in [0.15, 0.2) is 50.7 Å². The van der Waals surface area contributed by atoms with Crippen molar-refractivity contribution < 1.29 is 0 Å². The Bertz CT molecular complexity index is 641. The first-order chi connectivity index (χ1) is 8.08. The van der Waals surface area contributed by atoms with Crippen LogP contribution in [0, 0.1) is 0 Å². The number of aryl methyl sites for hydroxylation is 1. The van der Waals surface area contributed by atoms with Crippen molar-refractivity contribution in [3.05, 3.63) is 67.4 Å². The Balaban J connectivity index is 2.37. The molecule has 4 nitrogen and oxygen atoms in total. The Labute approximate surface area is 106 Å². The molecule has 1 aromatic carbocycles. The van der Waals surface area contributed by atoms with Gasteiger partial charge in [-0.05, 0) is 17.7 Å². The molecule has 0 saturated heterocycles. The molecule has 0 aliphatic rings. The zero-order valence-corrected chi connectivity index (χ0v) is 10.8. The van der Waals surface area contributed by atoms with Crippen LogP contribution in [0.1, 0.15) is 5.56 Å².